The van der Waals surface area contributed by atoms with Crippen molar-refractivity contribution in [1.82, 2.24) is 16.2 Å². The molecule has 0 bridgehead atoms. The van der Waals surface area contributed by atoms with Crippen LogP contribution in [0.15, 0.2) is 78.9 Å². The van der Waals surface area contributed by atoms with Gasteiger partial charge in [0.15, 0.2) is 5.11 Å². The smallest absolute Gasteiger partial charge is 0.269 e. The summed E-state index contributed by atoms with van der Waals surface area (Å²) in [5, 5.41) is 2.50. The molecule has 0 aliphatic rings. The number of carbonyl (C=O) groups is 2. The van der Waals surface area contributed by atoms with Gasteiger partial charge in [-0.05, 0) is 60.6 Å². The number of nitrogens with one attached hydrogen (secondary N) is 3. The Bertz CT molecular complexity index is 1040. The first kappa shape index (κ1) is 21.0. The van der Waals surface area contributed by atoms with Crippen molar-refractivity contribution >= 4 is 29.1 Å². The van der Waals surface area contributed by atoms with E-state index in [-0.39, 0.29) is 11.0 Å². The lowest BCUT2D eigenvalue weighted by molar-refractivity contribution is 0.0934. The summed E-state index contributed by atoms with van der Waals surface area (Å²) in [6.07, 6.45) is 0. The molecule has 0 fully saturated rings. The van der Waals surface area contributed by atoms with Crippen LogP contribution in [0.4, 0.5) is 0 Å². The van der Waals surface area contributed by atoms with Crippen LogP contribution in [0, 0.1) is 0 Å². The van der Waals surface area contributed by atoms with E-state index >= 15 is 0 Å². The fraction of sp³-hybridized carbons (Fsp3) is 0.0870. The zero-order valence-electron chi connectivity index (χ0n) is 16.3. The molecule has 0 aliphatic carbocycles. The summed E-state index contributed by atoms with van der Waals surface area (Å²) in [6, 6.07) is 23.8. The van der Waals surface area contributed by atoms with Gasteiger partial charge in [-0.3, -0.25) is 25.8 Å². The Balaban J connectivity index is 1.52. The topological polar surface area (TPSA) is 79.5 Å². The number of hydrogen-bond acceptors (Lipinski definition) is 4. The monoisotopic (exact) mass is 419 g/mol. The van der Waals surface area contributed by atoms with Gasteiger partial charge in [-0.2, -0.15) is 0 Å². The second-order valence-electron chi connectivity index (χ2n) is 6.27. The minimum Gasteiger partial charge on any atom is -0.494 e. The molecule has 3 rings (SSSR count). The average Bonchev–Trinajstić information content (AvgIpc) is 2.78. The quantitative estimate of drug-likeness (QED) is 0.434. The van der Waals surface area contributed by atoms with Crippen LogP contribution in [0.1, 0.15) is 27.6 Å². The molecule has 6 nitrogen and oxygen atoms in total. The molecular formula is C23H21N3O3S. The second-order valence-corrected chi connectivity index (χ2v) is 6.67. The maximum atomic E-state index is 12.3. The average molecular weight is 420 g/mol. The Morgan fingerprint density at radius 2 is 1.50 bits per heavy atom. The lowest BCUT2D eigenvalue weighted by Crippen LogP contribution is -2.48. The fourth-order valence-electron chi connectivity index (χ4n) is 2.73. The summed E-state index contributed by atoms with van der Waals surface area (Å²) in [6.45, 7) is 2.37. The molecule has 0 saturated heterocycles. The molecule has 0 radical (unpaired) electrons. The van der Waals surface area contributed by atoms with Crippen molar-refractivity contribution in [2.75, 3.05) is 6.61 Å². The predicted octanol–water partition coefficient (Wildman–Crippen LogP) is 3.70. The van der Waals surface area contributed by atoms with Crippen molar-refractivity contribution in [3.63, 3.8) is 0 Å². The highest BCUT2D eigenvalue weighted by Gasteiger charge is 2.10. The molecular weight excluding hydrogens is 398 g/mol. The van der Waals surface area contributed by atoms with Gasteiger partial charge >= 0.3 is 0 Å². The van der Waals surface area contributed by atoms with E-state index in [2.05, 4.69) is 16.2 Å². The van der Waals surface area contributed by atoms with E-state index < -0.39 is 5.91 Å². The van der Waals surface area contributed by atoms with Crippen molar-refractivity contribution in [2.24, 2.45) is 0 Å². The van der Waals surface area contributed by atoms with Gasteiger partial charge in [0.1, 0.15) is 5.75 Å². The van der Waals surface area contributed by atoms with Gasteiger partial charge in [0.25, 0.3) is 11.8 Å². The minimum absolute atomic E-state index is 0.0175. The van der Waals surface area contributed by atoms with E-state index in [9.17, 15) is 9.59 Å². The lowest BCUT2D eigenvalue weighted by Gasteiger charge is -2.11. The summed E-state index contributed by atoms with van der Waals surface area (Å²) >= 11 is 5.08. The molecule has 0 unspecified atom stereocenters. The summed E-state index contributed by atoms with van der Waals surface area (Å²) in [5.41, 5.74) is 7.95. The Hall–Kier alpha value is -3.71. The first-order chi connectivity index (χ1) is 14.6. The molecule has 0 saturated carbocycles. The maximum Gasteiger partial charge on any atom is 0.269 e. The van der Waals surface area contributed by atoms with Gasteiger partial charge in [-0.1, -0.05) is 48.5 Å². The third kappa shape index (κ3) is 5.65. The third-order valence-corrected chi connectivity index (χ3v) is 4.38. The number of ether oxygens (including phenoxy) is 1. The van der Waals surface area contributed by atoms with E-state index in [1.807, 2.05) is 49.4 Å². The lowest BCUT2D eigenvalue weighted by atomic mass is 10.0. The first-order valence-electron chi connectivity index (χ1n) is 9.37. The summed E-state index contributed by atoms with van der Waals surface area (Å²) in [7, 11) is 0. The van der Waals surface area contributed by atoms with Crippen molar-refractivity contribution < 1.29 is 14.3 Å². The predicted molar refractivity (Wildman–Crippen MR) is 120 cm³/mol. The molecule has 152 valence electrons. The van der Waals surface area contributed by atoms with Crippen LogP contribution in [0.3, 0.4) is 0 Å². The normalized spacial score (nSPS) is 10.0. The van der Waals surface area contributed by atoms with Gasteiger partial charge in [0.05, 0.1) is 6.61 Å². The standard InChI is InChI=1S/C23H21N3O3S/c1-2-29-20-10-6-9-19(15-20)21(27)24-23(30)26-25-22(28)18-13-11-17(12-14-18)16-7-4-3-5-8-16/h3-15H,2H2,1H3,(H,25,28)(H2,24,26,27,30). The SMILES string of the molecule is CCOc1cccc(C(=O)NC(=S)NNC(=O)c2ccc(-c3ccccc3)cc2)c1. The fourth-order valence-corrected chi connectivity index (χ4v) is 2.87. The number of amides is 2. The van der Waals surface area contributed by atoms with E-state index in [4.69, 9.17) is 17.0 Å². The van der Waals surface area contributed by atoms with Gasteiger partial charge in [-0.25, -0.2) is 0 Å². The molecule has 0 aliphatic heterocycles. The van der Waals surface area contributed by atoms with Gasteiger partial charge in [0, 0.05) is 11.1 Å². The van der Waals surface area contributed by atoms with Crippen LogP contribution in [-0.4, -0.2) is 23.5 Å². The van der Waals surface area contributed by atoms with Crippen LogP contribution < -0.4 is 20.9 Å². The summed E-state index contributed by atoms with van der Waals surface area (Å²) < 4.78 is 5.38. The third-order valence-electron chi connectivity index (χ3n) is 4.18. The molecule has 0 spiro atoms. The number of hydrogen-bond donors (Lipinski definition) is 3. The van der Waals surface area contributed by atoms with Crippen molar-refractivity contribution in [3.05, 3.63) is 90.0 Å². The molecule has 0 heterocycles. The van der Waals surface area contributed by atoms with E-state index in [0.717, 1.165) is 11.1 Å². The second kappa shape index (κ2) is 10.2. The number of hydrazine groups is 1. The van der Waals surface area contributed by atoms with E-state index in [0.29, 0.717) is 23.5 Å². The molecule has 3 N–H and O–H groups in total. The Morgan fingerprint density at radius 1 is 0.800 bits per heavy atom. The highest BCUT2D eigenvalue weighted by molar-refractivity contribution is 7.80. The molecule has 30 heavy (non-hydrogen) atoms. The summed E-state index contributed by atoms with van der Waals surface area (Å²) in [4.78, 5) is 24.6. The van der Waals surface area contributed by atoms with Gasteiger partial charge < -0.3 is 4.74 Å². The highest BCUT2D eigenvalue weighted by atomic mass is 32.1. The Labute approximate surface area is 180 Å². The molecule has 7 heteroatoms. The maximum absolute atomic E-state index is 12.3. The van der Waals surface area contributed by atoms with Gasteiger partial charge in [-0.15, -0.1) is 0 Å². The zero-order valence-corrected chi connectivity index (χ0v) is 17.2. The van der Waals surface area contributed by atoms with Crippen LogP contribution in [0.2, 0.25) is 0 Å². The van der Waals surface area contributed by atoms with Crippen molar-refractivity contribution in [3.8, 4) is 16.9 Å². The molecule has 0 aromatic heterocycles. The largest absolute Gasteiger partial charge is 0.494 e. The molecule has 3 aromatic rings. The number of benzene rings is 3. The minimum atomic E-state index is -0.407. The Morgan fingerprint density at radius 3 is 2.20 bits per heavy atom. The zero-order chi connectivity index (χ0) is 21.3. The van der Waals surface area contributed by atoms with E-state index in [1.54, 1.807) is 36.4 Å². The number of carbonyl (C=O) groups excluding carboxylic acids is 2. The van der Waals surface area contributed by atoms with Crippen LogP contribution in [0.25, 0.3) is 11.1 Å². The first-order valence-corrected chi connectivity index (χ1v) is 9.77. The number of thiocarbonyl (C=S) groups is 1. The highest BCUT2D eigenvalue weighted by Crippen LogP contribution is 2.19. The molecule has 2 amide bonds. The Kier molecular flexibility index (Phi) is 7.13. The van der Waals surface area contributed by atoms with Crippen molar-refractivity contribution in [2.45, 2.75) is 6.92 Å². The van der Waals surface area contributed by atoms with Crippen LogP contribution in [-0.2, 0) is 0 Å². The van der Waals surface area contributed by atoms with Crippen molar-refractivity contribution in [1.29, 1.82) is 0 Å². The molecule has 3 aromatic carbocycles. The van der Waals surface area contributed by atoms with Crippen LogP contribution >= 0.6 is 12.2 Å². The van der Waals surface area contributed by atoms with Gasteiger partial charge in [0.2, 0.25) is 0 Å². The van der Waals surface area contributed by atoms with Crippen LogP contribution in [0.5, 0.6) is 5.75 Å². The summed E-state index contributed by atoms with van der Waals surface area (Å²) in [5.74, 6) is -0.184. The van der Waals surface area contributed by atoms with E-state index in [1.165, 1.54) is 0 Å². The number of rotatable bonds is 5. The molecule has 0 atom stereocenters.